The third-order valence-electron chi connectivity index (χ3n) is 2.91. The summed E-state index contributed by atoms with van der Waals surface area (Å²) in [6.07, 6.45) is 2.94. The van der Waals surface area contributed by atoms with E-state index in [1.54, 1.807) is 0 Å². The first-order valence-corrected chi connectivity index (χ1v) is 6.42. The molecule has 1 aromatic rings. The first kappa shape index (κ1) is 13.8. The van der Waals surface area contributed by atoms with Crippen LogP contribution in [0.4, 0.5) is 5.69 Å². The number of amides is 1. The number of nitrogens with one attached hydrogen (secondary N) is 2. The van der Waals surface area contributed by atoms with Gasteiger partial charge in [-0.3, -0.25) is 9.59 Å². The second-order valence-electron chi connectivity index (χ2n) is 4.25. The highest BCUT2D eigenvalue weighted by molar-refractivity contribution is 6.33. The fraction of sp³-hybridized carbons (Fsp3) is 0.545. The molecule has 7 nitrogen and oxygen atoms in total. The van der Waals surface area contributed by atoms with Gasteiger partial charge < -0.3 is 15.7 Å². The van der Waals surface area contributed by atoms with E-state index < -0.39 is 11.6 Å². The van der Waals surface area contributed by atoms with Crippen LogP contribution in [-0.4, -0.2) is 40.0 Å². The fourth-order valence-corrected chi connectivity index (χ4v) is 2.12. The van der Waals surface area contributed by atoms with Crippen LogP contribution in [0.3, 0.4) is 0 Å². The van der Waals surface area contributed by atoms with Crippen LogP contribution in [0.2, 0.25) is 5.02 Å². The summed E-state index contributed by atoms with van der Waals surface area (Å²) in [5.74, 6) is -0.109. The third-order valence-corrected chi connectivity index (χ3v) is 3.28. The third kappa shape index (κ3) is 3.05. The van der Waals surface area contributed by atoms with Crippen molar-refractivity contribution >= 4 is 23.2 Å². The van der Waals surface area contributed by atoms with Gasteiger partial charge in [0.1, 0.15) is 11.1 Å². The normalized spacial score (nSPS) is 19.1. The number of piperidine rings is 1. The van der Waals surface area contributed by atoms with Crippen molar-refractivity contribution in [3.05, 3.63) is 21.6 Å². The smallest absolute Gasteiger partial charge is 0.287 e. The predicted molar refractivity (Wildman–Crippen MR) is 70.2 cm³/mol. The molecule has 1 aliphatic heterocycles. The maximum Gasteiger partial charge on any atom is 0.287 e. The molecular formula is C11H15ClN4O3. The Morgan fingerprint density at radius 1 is 1.58 bits per heavy atom. The summed E-state index contributed by atoms with van der Waals surface area (Å²) in [7, 11) is 0. The molecule has 1 amide bonds. The molecule has 0 bridgehead atoms. The van der Waals surface area contributed by atoms with Crippen molar-refractivity contribution in [2.24, 2.45) is 0 Å². The largest absolute Gasteiger partial charge is 0.394 e. The molecule has 2 heterocycles. The Kier molecular flexibility index (Phi) is 4.39. The molecule has 3 N–H and O–H groups in total. The van der Waals surface area contributed by atoms with Crippen molar-refractivity contribution in [3.8, 4) is 0 Å². The molecule has 2 rings (SSSR count). The molecule has 1 saturated heterocycles. The molecule has 1 aliphatic rings. The zero-order valence-electron chi connectivity index (χ0n) is 10.2. The lowest BCUT2D eigenvalue weighted by molar-refractivity contribution is -0.123. The second-order valence-corrected chi connectivity index (χ2v) is 4.63. The molecule has 19 heavy (non-hydrogen) atoms. The number of carbonyl (C=O) groups excluding carboxylic acids is 1. The second kappa shape index (κ2) is 6.03. The van der Waals surface area contributed by atoms with Crippen LogP contribution in [0.15, 0.2) is 11.0 Å². The highest BCUT2D eigenvalue weighted by atomic mass is 35.5. The summed E-state index contributed by atoms with van der Waals surface area (Å²) in [4.78, 5) is 23.4. The lowest BCUT2D eigenvalue weighted by Crippen LogP contribution is -2.44. The minimum absolute atomic E-state index is 0.0261. The number of hydrogen-bond donors (Lipinski definition) is 3. The Hall–Kier alpha value is -1.60. The minimum Gasteiger partial charge on any atom is -0.394 e. The van der Waals surface area contributed by atoms with Gasteiger partial charge in [-0.15, -0.1) is 0 Å². The van der Waals surface area contributed by atoms with Gasteiger partial charge in [0.05, 0.1) is 25.0 Å². The van der Waals surface area contributed by atoms with Gasteiger partial charge in [0.15, 0.2) is 0 Å². The topological polar surface area (TPSA) is 96.2 Å². The van der Waals surface area contributed by atoms with E-state index in [0.29, 0.717) is 18.7 Å². The standard InChI is InChI=1S/C11H15ClN4O3/c12-9-8(6-14-16(4-5-17)11(9)19)15-7-2-1-3-13-10(7)18/h6-7,15,17H,1-5H2,(H,13,18). The molecule has 8 heteroatoms. The highest BCUT2D eigenvalue weighted by Gasteiger charge is 2.23. The SMILES string of the molecule is O=C1NCCCC1Nc1cnn(CCO)c(=O)c1Cl. The maximum absolute atomic E-state index is 11.8. The predicted octanol–water partition coefficient (Wildman–Crippen LogP) is -0.421. The van der Waals surface area contributed by atoms with Crippen molar-refractivity contribution in [2.45, 2.75) is 25.4 Å². The van der Waals surface area contributed by atoms with Gasteiger partial charge in [0.25, 0.3) is 5.56 Å². The Morgan fingerprint density at radius 3 is 3.05 bits per heavy atom. The zero-order valence-corrected chi connectivity index (χ0v) is 11.0. The van der Waals surface area contributed by atoms with E-state index in [9.17, 15) is 9.59 Å². The van der Waals surface area contributed by atoms with Gasteiger partial charge in [-0.2, -0.15) is 5.10 Å². The number of aliphatic hydroxyl groups excluding tert-OH is 1. The van der Waals surface area contributed by atoms with Gasteiger partial charge >= 0.3 is 0 Å². The summed E-state index contributed by atoms with van der Waals surface area (Å²) in [5.41, 5.74) is -0.153. The molecule has 1 atom stereocenters. The van der Waals surface area contributed by atoms with Crippen LogP contribution in [0.25, 0.3) is 0 Å². The lowest BCUT2D eigenvalue weighted by atomic mass is 10.1. The number of hydrogen-bond acceptors (Lipinski definition) is 5. The Balaban J connectivity index is 2.19. The summed E-state index contributed by atoms with van der Waals surface area (Å²) in [6.45, 7) is 0.560. The number of halogens is 1. The van der Waals surface area contributed by atoms with Crippen molar-refractivity contribution in [3.63, 3.8) is 0 Å². The molecule has 1 aromatic heterocycles. The van der Waals surface area contributed by atoms with Crippen LogP contribution in [0.5, 0.6) is 0 Å². The van der Waals surface area contributed by atoms with Crippen molar-refractivity contribution < 1.29 is 9.90 Å². The fourth-order valence-electron chi connectivity index (χ4n) is 1.92. The highest BCUT2D eigenvalue weighted by Crippen LogP contribution is 2.18. The van der Waals surface area contributed by atoms with Crippen LogP contribution in [-0.2, 0) is 11.3 Å². The average molecular weight is 287 g/mol. The van der Waals surface area contributed by atoms with Crippen LogP contribution in [0.1, 0.15) is 12.8 Å². The monoisotopic (exact) mass is 286 g/mol. The quantitative estimate of drug-likeness (QED) is 0.699. The molecule has 104 valence electrons. The molecule has 0 saturated carbocycles. The molecule has 1 unspecified atom stereocenters. The number of carbonyl (C=O) groups is 1. The Bertz CT molecular complexity index is 531. The van der Waals surface area contributed by atoms with Crippen LogP contribution >= 0.6 is 11.6 Å². The number of anilines is 1. The molecular weight excluding hydrogens is 272 g/mol. The first-order chi connectivity index (χ1) is 9.13. The van der Waals surface area contributed by atoms with Crippen molar-refractivity contribution in [2.75, 3.05) is 18.5 Å². The molecule has 1 fully saturated rings. The van der Waals surface area contributed by atoms with Gasteiger partial charge in [-0.25, -0.2) is 4.68 Å². The molecule has 0 aliphatic carbocycles. The van der Waals surface area contributed by atoms with E-state index >= 15 is 0 Å². The Morgan fingerprint density at radius 2 is 2.37 bits per heavy atom. The summed E-state index contributed by atoms with van der Waals surface area (Å²) in [6, 6.07) is -0.402. The molecule has 0 spiro atoms. The minimum atomic E-state index is -0.489. The van der Waals surface area contributed by atoms with E-state index in [0.717, 1.165) is 11.1 Å². The van der Waals surface area contributed by atoms with Gasteiger partial charge in [0.2, 0.25) is 5.91 Å². The summed E-state index contributed by atoms with van der Waals surface area (Å²) >= 11 is 5.95. The van der Waals surface area contributed by atoms with Crippen LogP contribution in [0, 0.1) is 0 Å². The molecule has 0 radical (unpaired) electrons. The number of aromatic nitrogens is 2. The average Bonchev–Trinajstić information content (AvgIpc) is 2.41. The van der Waals surface area contributed by atoms with Gasteiger partial charge in [-0.1, -0.05) is 11.6 Å². The van der Waals surface area contributed by atoms with E-state index in [4.69, 9.17) is 16.7 Å². The Labute approximate surface area is 114 Å². The number of aliphatic hydroxyl groups is 1. The number of rotatable bonds is 4. The lowest BCUT2D eigenvalue weighted by Gasteiger charge is -2.23. The van der Waals surface area contributed by atoms with Crippen LogP contribution < -0.4 is 16.2 Å². The number of nitrogens with zero attached hydrogens (tertiary/aromatic N) is 2. The van der Waals surface area contributed by atoms with Crippen molar-refractivity contribution in [1.82, 2.24) is 15.1 Å². The summed E-state index contributed by atoms with van der Waals surface area (Å²) < 4.78 is 1.08. The maximum atomic E-state index is 11.8. The van der Waals surface area contributed by atoms with Gasteiger partial charge in [-0.05, 0) is 12.8 Å². The van der Waals surface area contributed by atoms with E-state index in [2.05, 4.69) is 15.7 Å². The van der Waals surface area contributed by atoms with E-state index in [1.807, 2.05) is 0 Å². The van der Waals surface area contributed by atoms with E-state index in [1.165, 1.54) is 6.20 Å². The zero-order chi connectivity index (χ0) is 13.8. The van der Waals surface area contributed by atoms with E-state index in [-0.39, 0.29) is 24.1 Å². The summed E-state index contributed by atoms with van der Waals surface area (Å²) in [5, 5.41) is 18.3. The first-order valence-electron chi connectivity index (χ1n) is 6.04. The van der Waals surface area contributed by atoms with Crippen molar-refractivity contribution in [1.29, 1.82) is 0 Å². The van der Waals surface area contributed by atoms with Gasteiger partial charge in [0, 0.05) is 6.54 Å². The molecule has 0 aromatic carbocycles.